The maximum Gasteiger partial charge on any atom is 0.222 e. The lowest BCUT2D eigenvalue weighted by Crippen LogP contribution is -2.31. The van der Waals surface area contributed by atoms with Crippen LogP contribution in [-0.4, -0.2) is 25.2 Å². The fourth-order valence-electron chi connectivity index (χ4n) is 2.95. The van der Waals surface area contributed by atoms with Crippen molar-refractivity contribution in [1.29, 1.82) is 0 Å². The minimum absolute atomic E-state index is 0.116. The minimum Gasteiger partial charge on any atom is -0.342 e. The van der Waals surface area contributed by atoms with E-state index in [-0.39, 0.29) is 11.7 Å². The molecule has 0 fully saturated rings. The van der Waals surface area contributed by atoms with Crippen LogP contribution >= 0.6 is 0 Å². The number of carbonyl (C=O) groups excluding carboxylic acids is 1. The van der Waals surface area contributed by atoms with Gasteiger partial charge >= 0.3 is 0 Å². The van der Waals surface area contributed by atoms with Gasteiger partial charge in [-0.1, -0.05) is 12.1 Å². The van der Waals surface area contributed by atoms with E-state index in [1.807, 2.05) is 42.4 Å². The number of benzene rings is 1. The van der Waals surface area contributed by atoms with Crippen molar-refractivity contribution < 1.29 is 9.18 Å². The first-order valence-electron chi connectivity index (χ1n) is 8.47. The van der Waals surface area contributed by atoms with Crippen molar-refractivity contribution in [3.63, 3.8) is 0 Å². The van der Waals surface area contributed by atoms with Crippen molar-refractivity contribution in [2.75, 3.05) is 0 Å². The molecular formula is C19H22FN5O. The molecule has 0 aliphatic carbocycles. The van der Waals surface area contributed by atoms with Gasteiger partial charge in [0.25, 0.3) is 0 Å². The zero-order valence-electron chi connectivity index (χ0n) is 15.1. The van der Waals surface area contributed by atoms with Crippen molar-refractivity contribution >= 4 is 5.91 Å². The van der Waals surface area contributed by atoms with Gasteiger partial charge in [0.2, 0.25) is 5.91 Å². The zero-order valence-corrected chi connectivity index (χ0v) is 15.1. The molecule has 0 bridgehead atoms. The Balaban J connectivity index is 1.75. The van der Waals surface area contributed by atoms with Crippen LogP contribution in [0.25, 0.3) is 0 Å². The largest absolute Gasteiger partial charge is 0.342 e. The van der Waals surface area contributed by atoms with Gasteiger partial charge in [-0.05, 0) is 37.6 Å². The summed E-state index contributed by atoms with van der Waals surface area (Å²) in [6, 6.07) is 7.63. The van der Waals surface area contributed by atoms with Crippen LogP contribution < -0.4 is 5.32 Å². The van der Waals surface area contributed by atoms with Crippen molar-refractivity contribution in [3.05, 3.63) is 71.3 Å². The molecule has 0 radical (unpaired) electrons. The van der Waals surface area contributed by atoms with Gasteiger partial charge < -0.3 is 9.88 Å². The first-order valence-corrected chi connectivity index (χ1v) is 8.47. The molecule has 3 rings (SSSR count). The number of rotatable bonds is 6. The molecule has 6 nitrogen and oxygen atoms in total. The number of nitrogens with one attached hydrogen (secondary N) is 1. The van der Waals surface area contributed by atoms with E-state index in [4.69, 9.17) is 0 Å². The van der Waals surface area contributed by atoms with Crippen LogP contribution in [0.3, 0.4) is 0 Å². The van der Waals surface area contributed by atoms with Crippen LogP contribution in [0.15, 0.2) is 42.7 Å². The number of nitrogens with zero attached hydrogens (tertiary/aromatic N) is 4. The molecule has 0 unspecified atom stereocenters. The average Bonchev–Trinajstić information content (AvgIpc) is 3.16. The first-order chi connectivity index (χ1) is 12.4. The third kappa shape index (κ3) is 3.99. The van der Waals surface area contributed by atoms with Crippen molar-refractivity contribution in [2.24, 2.45) is 7.05 Å². The summed E-state index contributed by atoms with van der Waals surface area (Å²) in [4.78, 5) is 16.9. The molecule has 1 atom stereocenters. The van der Waals surface area contributed by atoms with Crippen LogP contribution in [0.4, 0.5) is 4.39 Å². The number of hydrogen-bond acceptors (Lipinski definition) is 3. The molecule has 2 heterocycles. The summed E-state index contributed by atoms with van der Waals surface area (Å²) >= 11 is 0. The Kier molecular flexibility index (Phi) is 5.16. The number of carbonyl (C=O) groups is 1. The molecule has 0 saturated carbocycles. The molecule has 0 aliphatic rings. The molecule has 26 heavy (non-hydrogen) atoms. The van der Waals surface area contributed by atoms with Crippen LogP contribution in [0, 0.1) is 19.7 Å². The van der Waals surface area contributed by atoms with Gasteiger partial charge in [0, 0.05) is 38.1 Å². The number of aromatic nitrogens is 4. The van der Waals surface area contributed by atoms with Gasteiger partial charge in [0.05, 0.1) is 5.69 Å². The van der Waals surface area contributed by atoms with Crippen molar-refractivity contribution in [1.82, 2.24) is 24.6 Å². The molecule has 1 N–H and O–H groups in total. The van der Waals surface area contributed by atoms with E-state index < -0.39 is 6.04 Å². The van der Waals surface area contributed by atoms with E-state index in [1.165, 1.54) is 12.1 Å². The summed E-state index contributed by atoms with van der Waals surface area (Å²) in [7, 11) is 1.86. The first kappa shape index (κ1) is 17.8. The summed E-state index contributed by atoms with van der Waals surface area (Å²) in [6.07, 6.45) is 3.78. The highest BCUT2D eigenvalue weighted by Gasteiger charge is 2.21. The molecule has 7 heteroatoms. The van der Waals surface area contributed by atoms with E-state index in [1.54, 1.807) is 18.3 Å². The average molecular weight is 355 g/mol. The second-order valence-electron chi connectivity index (χ2n) is 6.35. The predicted molar refractivity (Wildman–Crippen MR) is 95.9 cm³/mol. The highest BCUT2D eigenvalue weighted by molar-refractivity contribution is 5.76. The van der Waals surface area contributed by atoms with Gasteiger partial charge in [0.1, 0.15) is 17.7 Å². The van der Waals surface area contributed by atoms with Gasteiger partial charge in [-0.2, -0.15) is 5.10 Å². The molecule has 136 valence electrons. The molecule has 2 aromatic heterocycles. The highest BCUT2D eigenvalue weighted by atomic mass is 19.1. The van der Waals surface area contributed by atoms with E-state index in [0.29, 0.717) is 18.8 Å². The van der Waals surface area contributed by atoms with E-state index in [9.17, 15) is 9.18 Å². The van der Waals surface area contributed by atoms with E-state index in [2.05, 4.69) is 15.4 Å². The lowest BCUT2D eigenvalue weighted by Gasteiger charge is -2.19. The lowest BCUT2D eigenvalue weighted by molar-refractivity contribution is -0.121. The monoisotopic (exact) mass is 355 g/mol. The Labute approximate surface area is 151 Å². The zero-order chi connectivity index (χ0) is 18.7. The fourth-order valence-corrected chi connectivity index (χ4v) is 2.95. The Morgan fingerprint density at radius 2 is 2.00 bits per heavy atom. The van der Waals surface area contributed by atoms with Crippen molar-refractivity contribution in [2.45, 2.75) is 32.9 Å². The molecule has 0 aliphatic heterocycles. The minimum atomic E-state index is -0.441. The summed E-state index contributed by atoms with van der Waals surface area (Å²) in [6.45, 7) is 4.39. The number of imidazole rings is 1. The van der Waals surface area contributed by atoms with Crippen LogP contribution in [0.1, 0.15) is 35.2 Å². The van der Waals surface area contributed by atoms with Gasteiger partial charge in [-0.3, -0.25) is 9.48 Å². The number of halogens is 1. The Morgan fingerprint density at radius 1 is 1.27 bits per heavy atom. The Hall–Kier alpha value is -2.96. The predicted octanol–water partition coefficient (Wildman–Crippen LogP) is 2.67. The second kappa shape index (κ2) is 7.51. The van der Waals surface area contributed by atoms with Crippen LogP contribution in [-0.2, 0) is 18.4 Å². The number of amides is 1. The quantitative estimate of drug-likeness (QED) is 0.739. The standard InChI is InChI=1S/C19H22FN5O/c1-13-12-14(2)25(23-13)10-8-17(26)22-18(19-21-9-11-24(19)3)15-4-6-16(20)7-5-15/h4-7,9,11-12,18H,8,10H2,1-3H3,(H,22,26)/t18-/m0/s1. The van der Waals surface area contributed by atoms with Crippen LogP contribution in [0.2, 0.25) is 0 Å². The normalized spacial score (nSPS) is 12.2. The number of aryl methyl sites for hydroxylation is 4. The van der Waals surface area contributed by atoms with Crippen LogP contribution in [0.5, 0.6) is 0 Å². The molecular weight excluding hydrogens is 333 g/mol. The van der Waals surface area contributed by atoms with Gasteiger partial charge in [-0.25, -0.2) is 9.37 Å². The summed E-state index contributed by atoms with van der Waals surface area (Å²) in [5.41, 5.74) is 2.73. The summed E-state index contributed by atoms with van der Waals surface area (Å²) < 4.78 is 16.9. The molecule has 3 aromatic rings. The Bertz CT molecular complexity index is 897. The topological polar surface area (TPSA) is 64.7 Å². The molecule has 0 saturated heterocycles. The Morgan fingerprint density at radius 3 is 2.58 bits per heavy atom. The highest BCUT2D eigenvalue weighted by Crippen LogP contribution is 2.21. The van der Waals surface area contributed by atoms with Crippen molar-refractivity contribution in [3.8, 4) is 0 Å². The molecule has 1 amide bonds. The number of hydrogen-bond donors (Lipinski definition) is 1. The molecule has 0 spiro atoms. The second-order valence-corrected chi connectivity index (χ2v) is 6.35. The van der Waals surface area contributed by atoms with E-state index in [0.717, 1.165) is 17.0 Å². The maximum atomic E-state index is 13.3. The maximum absolute atomic E-state index is 13.3. The lowest BCUT2D eigenvalue weighted by atomic mass is 10.1. The fraction of sp³-hybridized carbons (Fsp3) is 0.316. The third-order valence-corrected chi connectivity index (χ3v) is 4.28. The smallest absolute Gasteiger partial charge is 0.222 e. The summed E-state index contributed by atoms with van der Waals surface area (Å²) in [5, 5.41) is 7.38. The van der Waals surface area contributed by atoms with E-state index >= 15 is 0 Å². The SMILES string of the molecule is Cc1cc(C)n(CCC(=O)N[C@@H](c2ccc(F)cc2)c2nccn2C)n1. The molecule has 1 aromatic carbocycles. The van der Waals surface area contributed by atoms with Gasteiger partial charge in [0.15, 0.2) is 0 Å². The van der Waals surface area contributed by atoms with Gasteiger partial charge in [-0.15, -0.1) is 0 Å². The third-order valence-electron chi connectivity index (χ3n) is 4.28. The summed E-state index contributed by atoms with van der Waals surface area (Å²) in [5.74, 6) is 0.258.